The molecule has 0 radical (unpaired) electrons. The summed E-state index contributed by atoms with van der Waals surface area (Å²) in [5.41, 5.74) is 0.671. The van der Waals surface area contributed by atoms with Crippen LogP contribution in [0.25, 0.3) is 0 Å². The summed E-state index contributed by atoms with van der Waals surface area (Å²) in [4.78, 5) is 35.7. The van der Waals surface area contributed by atoms with Crippen molar-refractivity contribution in [1.29, 1.82) is 0 Å². The van der Waals surface area contributed by atoms with Gasteiger partial charge in [0.25, 0.3) is 0 Å². The largest absolute Gasteiger partial charge is 0.477 e. The average molecular weight is 366 g/mol. The van der Waals surface area contributed by atoms with E-state index >= 15 is 0 Å². The molecule has 2 heterocycles. The van der Waals surface area contributed by atoms with Crippen molar-refractivity contribution in [2.24, 2.45) is 0 Å². The van der Waals surface area contributed by atoms with Crippen LogP contribution in [0.15, 0.2) is 11.3 Å². The minimum Gasteiger partial charge on any atom is -0.477 e. The second kappa shape index (κ2) is 5.14. The van der Waals surface area contributed by atoms with Crippen molar-refractivity contribution in [3.8, 4) is 0 Å². The number of rotatable bonds is 3. The van der Waals surface area contributed by atoms with Gasteiger partial charge in [-0.05, 0) is 12.5 Å². The Labute approximate surface area is 127 Å². The molecule has 2 aliphatic rings. The number of carbonyl (C=O) groups excluding carboxylic acids is 2. The Balaban J connectivity index is 2.30. The zero-order valence-electron chi connectivity index (χ0n) is 10.3. The Kier molecular flexibility index (Phi) is 4.04. The van der Waals surface area contributed by atoms with Gasteiger partial charge in [0.2, 0.25) is 5.91 Å². The van der Waals surface area contributed by atoms with E-state index < -0.39 is 10.3 Å². The molecule has 2 rings (SSSR count). The molecule has 19 heavy (non-hydrogen) atoms. The Morgan fingerprint density at radius 3 is 2.79 bits per heavy atom. The number of nitrogens with zero attached hydrogens (tertiary/aromatic N) is 1. The Morgan fingerprint density at radius 1 is 1.63 bits per heavy atom. The molecule has 0 spiro atoms. The maximum absolute atomic E-state index is 12.0. The average Bonchev–Trinajstić information content (AvgIpc) is 2.34. The minimum absolute atomic E-state index is 0.0411. The van der Waals surface area contributed by atoms with E-state index in [1.54, 1.807) is 6.92 Å². The van der Waals surface area contributed by atoms with Crippen molar-refractivity contribution in [2.75, 3.05) is 11.5 Å². The Morgan fingerprint density at radius 2 is 2.26 bits per heavy atom. The third-order valence-corrected chi connectivity index (χ3v) is 6.47. The van der Waals surface area contributed by atoms with Crippen LogP contribution in [-0.4, -0.2) is 48.2 Å². The number of aliphatic carboxylic acids is 1. The fraction of sp³-hybridized carbons (Fsp3) is 0.545. The lowest BCUT2D eigenvalue weighted by Gasteiger charge is -2.53. The van der Waals surface area contributed by atoms with Crippen molar-refractivity contribution in [2.45, 2.75) is 23.5 Å². The number of halogens is 1. The standard InChI is InChI=1S/C11H12BrNO4S2/c1-5(14)18-3-6-4-19-10-11(2,12)9(17)13(10)7(6)8(15)16/h10H,3-4H2,1-2H3,(H,15,16)/t10-,11?/m1/s1. The van der Waals surface area contributed by atoms with Gasteiger partial charge in [-0.25, -0.2) is 4.79 Å². The predicted octanol–water partition coefficient (Wildman–Crippen LogP) is 1.67. The molecule has 1 saturated heterocycles. The molecule has 0 aromatic rings. The third kappa shape index (κ3) is 2.45. The lowest BCUT2D eigenvalue weighted by Crippen LogP contribution is -2.69. The quantitative estimate of drug-likeness (QED) is 0.605. The molecule has 1 amide bonds. The van der Waals surface area contributed by atoms with Crippen LogP contribution < -0.4 is 0 Å². The first-order chi connectivity index (χ1) is 8.76. The first kappa shape index (κ1) is 14.9. The van der Waals surface area contributed by atoms with E-state index in [2.05, 4.69) is 15.9 Å². The molecular formula is C11H12BrNO4S2. The fourth-order valence-electron chi connectivity index (χ4n) is 2.05. The second-order valence-electron chi connectivity index (χ2n) is 4.45. The number of amides is 1. The first-order valence-electron chi connectivity index (χ1n) is 5.49. The van der Waals surface area contributed by atoms with Gasteiger partial charge in [-0.2, -0.15) is 0 Å². The highest BCUT2D eigenvalue weighted by atomic mass is 79.9. The number of thioether (sulfide) groups is 2. The van der Waals surface area contributed by atoms with Crippen LogP contribution in [0.3, 0.4) is 0 Å². The van der Waals surface area contributed by atoms with Crippen molar-refractivity contribution in [3.05, 3.63) is 11.3 Å². The molecule has 0 saturated carbocycles. The summed E-state index contributed by atoms with van der Waals surface area (Å²) in [6.45, 7) is 3.19. The normalized spacial score (nSPS) is 29.9. The summed E-state index contributed by atoms with van der Waals surface area (Å²) in [7, 11) is 0. The minimum atomic E-state index is -1.11. The zero-order chi connectivity index (χ0) is 14.4. The summed E-state index contributed by atoms with van der Waals surface area (Å²) in [6.07, 6.45) is 0. The molecular weight excluding hydrogens is 354 g/mol. The second-order valence-corrected chi connectivity index (χ2v) is 8.32. The van der Waals surface area contributed by atoms with Crippen LogP contribution >= 0.6 is 39.5 Å². The van der Waals surface area contributed by atoms with E-state index in [4.69, 9.17) is 0 Å². The maximum Gasteiger partial charge on any atom is 0.352 e. The fourth-order valence-corrected chi connectivity index (χ4v) is 4.94. The SMILES string of the molecule is CC(=O)SCC1=C(C(=O)O)N2C(=O)C(C)(Br)[C@H]2SC1. The zero-order valence-corrected chi connectivity index (χ0v) is 13.5. The number of carboxylic acids is 1. The van der Waals surface area contributed by atoms with Gasteiger partial charge in [-0.3, -0.25) is 14.5 Å². The van der Waals surface area contributed by atoms with Gasteiger partial charge >= 0.3 is 5.97 Å². The predicted molar refractivity (Wildman–Crippen MR) is 78.2 cm³/mol. The number of β-lactam (4-membered cyclic amide) rings is 1. The van der Waals surface area contributed by atoms with Gasteiger partial charge in [0.15, 0.2) is 5.12 Å². The summed E-state index contributed by atoms with van der Waals surface area (Å²) < 4.78 is -0.697. The summed E-state index contributed by atoms with van der Waals surface area (Å²) in [6, 6.07) is 0. The lowest BCUT2D eigenvalue weighted by atomic mass is 9.97. The number of hydrogen-bond acceptors (Lipinski definition) is 5. The van der Waals surface area contributed by atoms with Crippen molar-refractivity contribution in [1.82, 2.24) is 4.90 Å². The van der Waals surface area contributed by atoms with Crippen LogP contribution in [0, 0.1) is 0 Å². The van der Waals surface area contributed by atoms with Gasteiger partial charge in [0, 0.05) is 18.4 Å². The molecule has 0 bridgehead atoms. The smallest absolute Gasteiger partial charge is 0.352 e. The highest BCUT2D eigenvalue weighted by molar-refractivity contribution is 9.10. The highest BCUT2D eigenvalue weighted by Gasteiger charge is 2.60. The molecule has 1 fully saturated rings. The van der Waals surface area contributed by atoms with E-state index in [1.165, 1.54) is 23.6 Å². The molecule has 5 nitrogen and oxygen atoms in total. The van der Waals surface area contributed by atoms with Crippen molar-refractivity contribution in [3.63, 3.8) is 0 Å². The number of fused-ring (bicyclic) bond motifs is 1. The van der Waals surface area contributed by atoms with Crippen molar-refractivity contribution < 1.29 is 19.5 Å². The van der Waals surface area contributed by atoms with Crippen LogP contribution in [0.1, 0.15) is 13.8 Å². The van der Waals surface area contributed by atoms with Gasteiger partial charge < -0.3 is 5.11 Å². The molecule has 2 aliphatic heterocycles. The molecule has 2 atom stereocenters. The summed E-state index contributed by atoms with van der Waals surface area (Å²) >= 11 is 5.92. The Bertz CT molecular complexity index is 503. The molecule has 0 aliphatic carbocycles. The van der Waals surface area contributed by atoms with Crippen LogP contribution in [0.2, 0.25) is 0 Å². The summed E-state index contributed by atoms with van der Waals surface area (Å²) in [5, 5.41) is 9.05. The molecule has 0 aromatic carbocycles. The maximum atomic E-state index is 12.0. The number of carboxylic acid groups (broad SMARTS) is 1. The van der Waals surface area contributed by atoms with E-state index in [0.29, 0.717) is 17.1 Å². The Hall–Kier alpha value is -0.470. The van der Waals surface area contributed by atoms with E-state index in [1.807, 2.05) is 0 Å². The van der Waals surface area contributed by atoms with Gasteiger partial charge in [-0.1, -0.05) is 27.7 Å². The number of alkyl halides is 1. The summed E-state index contributed by atoms with van der Waals surface area (Å²) in [5.74, 6) is -0.509. The number of carbonyl (C=O) groups is 3. The van der Waals surface area contributed by atoms with E-state index in [0.717, 1.165) is 11.8 Å². The lowest BCUT2D eigenvalue weighted by molar-refractivity contribution is -0.148. The highest BCUT2D eigenvalue weighted by Crippen LogP contribution is 2.50. The molecule has 0 aromatic heterocycles. The van der Waals surface area contributed by atoms with E-state index in [9.17, 15) is 19.5 Å². The third-order valence-electron chi connectivity index (χ3n) is 2.98. The van der Waals surface area contributed by atoms with Gasteiger partial charge in [-0.15, -0.1) is 11.8 Å². The molecule has 8 heteroatoms. The van der Waals surface area contributed by atoms with Gasteiger partial charge in [0.05, 0.1) is 0 Å². The molecule has 104 valence electrons. The number of hydrogen-bond donors (Lipinski definition) is 1. The van der Waals surface area contributed by atoms with Crippen molar-refractivity contribution >= 4 is 56.4 Å². The first-order valence-corrected chi connectivity index (χ1v) is 8.32. The van der Waals surface area contributed by atoms with Gasteiger partial charge in [0.1, 0.15) is 15.4 Å². The van der Waals surface area contributed by atoms with Crippen LogP contribution in [0.4, 0.5) is 0 Å². The molecule has 1 N–H and O–H groups in total. The van der Waals surface area contributed by atoms with Crippen LogP contribution in [0.5, 0.6) is 0 Å². The van der Waals surface area contributed by atoms with Crippen LogP contribution in [-0.2, 0) is 14.4 Å². The topological polar surface area (TPSA) is 74.7 Å². The molecule has 1 unspecified atom stereocenters. The monoisotopic (exact) mass is 365 g/mol. The van der Waals surface area contributed by atoms with E-state index in [-0.39, 0.29) is 22.1 Å².